The van der Waals surface area contributed by atoms with Crippen molar-refractivity contribution in [3.05, 3.63) is 82.3 Å². The molecule has 0 bridgehead atoms. The van der Waals surface area contributed by atoms with E-state index in [-0.39, 0.29) is 11.6 Å². The predicted molar refractivity (Wildman–Crippen MR) is 88.5 cm³/mol. The second kappa shape index (κ2) is 6.91. The van der Waals surface area contributed by atoms with Gasteiger partial charge in [0.05, 0.1) is 12.6 Å². The number of rotatable bonds is 5. The molecule has 0 saturated carbocycles. The van der Waals surface area contributed by atoms with Crippen molar-refractivity contribution in [2.24, 2.45) is 0 Å². The maximum Gasteiger partial charge on any atom is 0.263 e. The molecule has 0 aliphatic rings. The number of carbonyl (C=O) groups is 1. The first-order chi connectivity index (χ1) is 11.6. The zero-order chi connectivity index (χ0) is 16.9. The number of nitrogens with one attached hydrogen (secondary N) is 2. The third-order valence-corrected chi connectivity index (χ3v) is 3.61. The van der Waals surface area contributed by atoms with Gasteiger partial charge in [-0.15, -0.1) is 0 Å². The third kappa shape index (κ3) is 3.57. The third-order valence-electron chi connectivity index (χ3n) is 3.61. The smallest absolute Gasteiger partial charge is 0.263 e. The number of H-pyrrole nitrogens is 1. The molecule has 1 atom stereocenters. The van der Waals surface area contributed by atoms with Crippen LogP contribution >= 0.6 is 0 Å². The Morgan fingerprint density at radius 3 is 2.75 bits per heavy atom. The molecule has 3 rings (SSSR count). The summed E-state index contributed by atoms with van der Waals surface area (Å²) in [6.45, 7) is 2.12. The van der Waals surface area contributed by atoms with E-state index in [9.17, 15) is 9.59 Å². The number of aromatic nitrogens is 4. The minimum Gasteiger partial charge on any atom is -0.343 e. The Kier molecular flexibility index (Phi) is 4.51. The molecule has 0 radical (unpaired) electrons. The lowest BCUT2D eigenvalue weighted by molar-refractivity contribution is 0.0930. The maximum absolute atomic E-state index is 12.5. The summed E-state index contributed by atoms with van der Waals surface area (Å²) in [4.78, 5) is 30.9. The van der Waals surface area contributed by atoms with Crippen LogP contribution in [-0.4, -0.2) is 25.7 Å². The van der Waals surface area contributed by atoms with Crippen LogP contribution in [0.2, 0.25) is 0 Å². The molecular formula is C17H17N5O2. The largest absolute Gasteiger partial charge is 0.343 e. The molecule has 0 unspecified atom stereocenters. The van der Waals surface area contributed by atoms with Crippen molar-refractivity contribution in [1.82, 2.24) is 25.1 Å². The normalized spacial score (nSPS) is 11.9. The highest BCUT2D eigenvalue weighted by atomic mass is 16.2. The topological polar surface area (TPSA) is 92.7 Å². The molecule has 7 heteroatoms. The number of carbonyl (C=O) groups excluding carboxylic acids is 1. The van der Waals surface area contributed by atoms with Gasteiger partial charge in [-0.25, -0.2) is 4.98 Å². The van der Waals surface area contributed by atoms with E-state index in [0.717, 1.165) is 5.56 Å². The number of hydrogen-bond acceptors (Lipinski definition) is 4. The second-order valence-corrected chi connectivity index (χ2v) is 5.38. The van der Waals surface area contributed by atoms with Crippen LogP contribution in [0.1, 0.15) is 27.8 Å². The molecule has 24 heavy (non-hydrogen) atoms. The number of hydrogen-bond donors (Lipinski definition) is 2. The summed E-state index contributed by atoms with van der Waals surface area (Å²) in [6.07, 6.45) is 4.79. The van der Waals surface area contributed by atoms with E-state index in [4.69, 9.17) is 0 Å². The van der Waals surface area contributed by atoms with Gasteiger partial charge in [-0.3, -0.25) is 14.3 Å². The molecule has 3 aromatic rings. The van der Waals surface area contributed by atoms with E-state index in [1.807, 2.05) is 42.6 Å². The van der Waals surface area contributed by atoms with E-state index in [2.05, 4.69) is 20.4 Å². The standard InChI is InChI=1S/C17H17N5O2/c1-12-18-10-14(16(23)20-12)17(24)21-15(11-22-9-5-8-19-22)13-6-3-2-4-7-13/h2-10,15H,11H2,1H3,(H,21,24)(H,18,20,23)/t15-/m0/s1. The second-order valence-electron chi connectivity index (χ2n) is 5.38. The molecule has 2 N–H and O–H groups in total. The van der Waals surface area contributed by atoms with Crippen LogP contribution in [0.4, 0.5) is 0 Å². The van der Waals surface area contributed by atoms with E-state index in [0.29, 0.717) is 12.4 Å². The fourth-order valence-corrected chi connectivity index (χ4v) is 2.40. The number of benzene rings is 1. The van der Waals surface area contributed by atoms with Crippen molar-refractivity contribution in [3.63, 3.8) is 0 Å². The van der Waals surface area contributed by atoms with Crippen LogP contribution in [0.5, 0.6) is 0 Å². The van der Waals surface area contributed by atoms with Gasteiger partial charge in [-0.1, -0.05) is 30.3 Å². The van der Waals surface area contributed by atoms with Gasteiger partial charge in [0.25, 0.3) is 11.5 Å². The fourth-order valence-electron chi connectivity index (χ4n) is 2.40. The lowest BCUT2D eigenvalue weighted by Gasteiger charge is -2.19. The Hall–Kier alpha value is -3.22. The van der Waals surface area contributed by atoms with Crippen molar-refractivity contribution in [2.75, 3.05) is 0 Å². The summed E-state index contributed by atoms with van der Waals surface area (Å²) in [7, 11) is 0. The molecule has 0 saturated heterocycles. The summed E-state index contributed by atoms with van der Waals surface area (Å²) >= 11 is 0. The van der Waals surface area contributed by atoms with Crippen LogP contribution in [0.3, 0.4) is 0 Å². The van der Waals surface area contributed by atoms with Crippen LogP contribution in [0, 0.1) is 6.92 Å². The summed E-state index contributed by atoms with van der Waals surface area (Å²) in [5, 5.41) is 7.06. The molecule has 0 spiro atoms. The monoisotopic (exact) mass is 323 g/mol. The molecule has 0 fully saturated rings. The average molecular weight is 323 g/mol. The highest BCUT2D eigenvalue weighted by Crippen LogP contribution is 2.15. The van der Waals surface area contributed by atoms with E-state index in [1.165, 1.54) is 6.20 Å². The molecule has 0 aliphatic carbocycles. The number of aromatic amines is 1. The molecule has 1 amide bonds. The molecule has 7 nitrogen and oxygen atoms in total. The first-order valence-electron chi connectivity index (χ1n) is 7.52. The van der Waals surface area contributed by atoms with Crippen LogP contribution < -0.4 is 10.9 Å². The first-order valence-corrected chi connectivity index (χ1v) is 7.52. The van der Waals surface area contributed by atoms with Crippen molar-refractivity contribution < 1.29 is 4.79 Å². The van der Waals surface area contributed by atoms with Crippen molar-refractivity contribution >= 4 is 5.91 Å². The van der Waals surface area contributed by atoms with Crippen molar-refractivity contribution in [3.8, 4) is 0 Å². The van der Waals surface area contributed by atoms with E-state index < -0.39 is 11.5 Å². The number of nitrogens with zero attached hydrogens (tertiary/aromatic N) is 3. The summed E-state index contributed by atoms with van der Waals surface area (Å²) in [6, 6.07) is 11.1. The van der Waals surface area contributed by atoms with Gasteiger partial charge in [0.1, 0.15) is 11.4 Å². The minimum atomic E-state index is -0.468. The van der Waals surface area contributed by atoms with Gasteiger partial charge in [-0.05, 0) is 18.6 Å². The molecular weight excluding hydrogens is 306 g/mol. The van der Waals surface area contributed by atoms with Gasteiger partial charge in [0, 0.05) is 18.6 Å². The Morgan fingerprint density at radius 2 is 2.08 bits per heavy atom. The lowest BCUT2D eigenvalue weighted by Crippen LogP contribution is -2.35. The van der Waals surface area contributed by atoms with Gasteiger partial charge >= 0.3 is 0 Å². The number of aryl methyl sites for hydroxylation is 1. The fraction of sp³-hybridized carbons (Fsp3) is 0.176. The van der Waals surface area contributed by atoms with Crippen molar-refractivity contribution in [1.29, 1.82) is 0 Å². The summed E-state index contributed by atoms with van der Waals surface area (Å²) < 4.78 is 1.73. The Morgan fingerprint density at radius 1 is 1.29 bits per heavy atom. The van der Waals surface area contributed by atoms with Gasteiger partial charge in [0.15, 0.2) is 0 Å². The van der Waals surface area contributed by atoms with Gasteiger partial charge in [-0.2, -0.15) is 5.10 Å². The Bertz CT molecular complexity index is 872. The van der Waals surface area contributed by atoms with Crippen LogP contribution in [0.25, 0.3) is 0 Å². The first kappa shape index (κ1) is 15.7. The molecule has 2 aromatic heterocycles. The summed E-state index contributed by atoms with van der Waals surface area (Å²) in [5.74, 6) is -0.00235. The van der Waals surface area contributed by atoms with Crippen molar-refractivity contribution in [2.45, 2.75) is 19.5 Å². The highest BCUT2D eigenvalue weighted by molar-refractivity contribution is 5.93. The molecule has 1 aromatic carbocycles. The Balaban J connectivity index is 1.86. The maximum atomic E-state index is 12.5. The zero-order valence-corrected chi connectivity index (χ0v) is 13.1. The van der Waals surface area contributed by atoms with E-state index in [1.54, 1.807) is 17.8 Å². The molecule has 2 heterocycles. The zero-order valence-electron chi connectivity index (χ0n) is 13.1. The van der Waals surface area contributed by atoms with Gasteiger partial charge < -0.3 is 10.3 Å². The average Bonchev–Trinajstić information content (AvgIpc) is 3.08. The number of amides is 1. The van der Waals surface area contributed by atoms with Gasteiger partial charge in [0.2, 0.25) is 0 Å². The molecule has 0 aliphatic heterocycles. The van der Waals surface area contributed by atoms with E-state index >= 15 is 0 Å². The van der Waals surface area contributed by atoms with Crippen LogP contribution in [0.15, 0.2) is 59.8 Å². The van der Waals surface area contributed by atoms with Crippen LogP contribution in [-0.2, 0) is 6.54 Å². The predicted octanol–water partition coefficient (Wildman–Crippen LogP) is 1.45. The highest BCUT2D eigenvalue weighted by Gasteiger charge is 2.19. The SMILES string of the molecule is Cc1ncc(C(=O)N[C@@H](Cn2cccn2)c2ccccc2)c(=O)[nH]1. The molecule has 122 valence electrons. The summed E-state index contributed by atoms with van der Waals surface area (Å²) in [5.41, 5.74) is 0.464. The minimum absolute atomic E-state index is 0.0120. The quantitative estimate of drug-likeness (QED) is 0.743. The lowest BCUT2D eigenvalue weighted by atomic mass is 10.1. The Labute approximate surface area is 138 Å².